The van der Waals surface area contributed by atoms with Gasteiger partial charge in [-0.25, -0.2) is 0 Å². The molecule has 0 aliphatic rings. The van der Waals surface area contributed by atoms with Gasteiger partial charge in [-0.2, -0.15) is 0 Å². The summed E-state index contributed by atoms with van der Waals surface area (Å²) in [6.45, 7) is 16.5. The minimum atomic E-state index is -1.73. The van der Waals surface area contributed by atoms with Crippen LogP contribution in [-0.2, 0) is 11.0 Å². The molecule has 0 aromatic heterocycles. The first kappa shape index (κ1) is 20.2. The number of nitrogens with one attached hydrogen (secondary N) is 1. The van der Waals surface area contributed by atoms with E-state index in [0.29, 0.717) is 16.6 Å². The van der Waals surface area contributed by atoms with Crippen molar-refractivity contribution in [2.75, 3.05) is 20.3 Å². The van der Waals surface area contributed by atoms with Crippen LogP contribution in [0.25, 0.3) is 0 Å². The van der Waals surface area contributed by atoms with Gasteiger partial charge in [-0.15, -0.1) is 0 Å². The highest BCUT2D eigenvalue weighted by Gasteiger charge is 2.44. The van der Waals surface area contributed by atoms with Crippen LogP contribution in [0.2, 0.25) is 16.6 Å². The summed E-state index contributed by atoms with van der Waals surface area (Å²) in [6, 6.07) is 8.20. The Balaban J connectivity index is 2.44. The summed E-state index contributed by atoms with van der Waals surface area (Å²) in [5.74, 6) is 0.902. The van der Waals surface area contributed by atoms with Crippen LogP contribution in [0.5, 0.6) is 5.75 Å². The van der Waals surface area contributed by atoms with E-state index in [-0.39, 0.29) is 0 Å². The van der Waals surface area contributed by atoms with Crippen molar-refractivity contribution in [2.45, 2.75) is 64.7 Å². The number of hydrogen-bond acceptors (Lipinski definition) is 3. The number of hydrogen-bond donors (Lipinski definition) is 1. The molecule has 0 bridgehead atoms. The fourth-order valence-electron chi connectivity index (χ4n) is 3.78. The van der Waals surface area contributed by atoms with Crippen molar-refractivity contribution in [2.24, 2.45) is 0 Å². The van der Waals surface area contributed by atoms with Gasteiger partial charge in [0.2, 0.25) is 0 Å². The molecule has 0 aliphatic heterocycles. The molecular weight excluding hydrogens is 302 g/mol. The summed E-state index contributed by atoms with van der Waals surface area (Å²) in [7, 11) is -0.0324. The van der Waals surface area contributed by atoms with Crippen LogP contribution in [0.3, 0.4) is 0 Å². The van der Waals surface area contributed by atoms with Crippen molar-refractivity contribution in [3.8, 4) is 5.75 Å². The number of benzene rings is 1. The molecular formula is C19H35NO2Si. The van der Waals surface area contributed by atoms with Gasteiger partial charge in [0.15, 0.2) is 8.32 Å². The predicted molar refractivity (Wildman–Crippen MR) is 102 cm³/mol. The summed E-state index contributed by atoms with van der Waals surface area (Å²) in [4.78, 5) is 0. The third-order valence-corrected chi connectivity index (χ3v) is 10.9. The lowest BCUT2D eigenvalue weighted by molar-refractivity contribution is 0.275. The Hall–Kier alpha value is -0.843. The highest BCUT2D eigenvalue weighted by atomic mass is 28.4. The predicted octanol–water partition coefficient (Wildman–Crippen LogP) is 4.98. The molecule has 0 heterocycles. The van der Waals surface area contributed by atoms with E-state index in [2.05, 4.69) is 59.0 Å². The maximum atomic E-state index is 6.54. The summed E-state index contributed by atoms with van der Waals surface area (Å²) in [6.07, 6.45) is 0. The molecule has 1 rings (SSSR count). The van der Waals surface area contributed by atoms with Gasteiger partial charge in [-0.1, -0.05) is 53.7 Å². The third kappa shape index (κ3) is 5.33. The van der Waals surface area contributed by atoms with Crippen molar-refractivity contribution in [1.29, 1.82) is 0 Å². The second kappa shape index (κ2) is 9.45. The molecule has 1 aromatic carbocycles. The second-order valence-electron chi connectivity index (χ2n) is 7.19. The van der Waals surface area contributed by atoms with E-state index in [9.17, 15) is 0 Å². The SMILES string of the molecule is COc1ccc(CNCCO[Si](C(C)C)(C(C)C)C(C)C)cc1. The lowest BCUT2D eigenvalue weighted by atomic mass is 10.2. The highest BCUT2D eigenvalue weighted by molar-refractivity contribution is 6.77. The standard InChI is InChI=1S/C19H35NO2Si/c1-15(2)23(16(3)4,17(5)6)22-13-12-20-14-18-8-10-19(21-7)11-9-18/h8-11,15-17,20H,12-14H2,1-7H3. The van der Waals surface area contributed by atoms with Gasteiger partial charge in [0.05, 0.1) is 7.11 Å². The molecule has 3 nitrogen and oxygen atoms in total. The van der Waals surface area contributed by atoms with Crippen LogP contribution in [-0.4, -0.2) is 28.6 Å². The monoisotopic (exact) mass is 337 g/mol. The van der Waals surface area contributed by atoms with Crippen molar-refractivity contribution in [1.82, 2.24) is 5.32 Å². The zero-order chi connectivity index (χ0) is 17.5. The maximum Gasteiger partial charge on any atom is 0.200 e. The Morgan fingerprint density at radius 2 is 1.43 bits per heavy atom. The molecule has 0 unspecified atom stereocenters. The van der Waals surface area contributed by atoms with Crippen molar-refractivity contribution < 1.29 is 9.16 Å². The largest absolute Gasteiger partial charge is 0.497 e. The van der Waals surface area contributed by atoms with Gasteiger partial charge in [-0.05, 0) is 34.3 Å². The average Bonchev–Trinajstić information content (AvgIpc) is 2.50. The van der Waals surface area contributed by atoms with E-state index in [1.807, 2.05) is 12.1 Å². The zero-order valence-electron chi connectivity index (χ0n) is 16.0. The number of rotatable bonds is 10. The molecule has 0 atom stereocenters. The van der Waals surface area contributed by atoms with Crippen LogP contribution in [0, 0.1) is 0 Å². The average molecular weight is 338 g/mol. The quantitative estimate of drug-likeness (QED) is 0.482. The molecule has 0 fully saturated rings. The van der Waals surface area contributed by atoms with Crippen LogP contribution in [0.15, 0.2) is 24.3 Å². The van der Waals surface area contributed by atoms with Gasteiger partial charge < -0.3 is 14.5 Å². The molecule has 1 aromatic rings. The first-order valence-corrected chi connectivity index (χ1v) is 11.0. The molecule has 0 radical (unpaired) electrons. The molecule has 0 saturated carbocycles. The topological polar surface area (TPSA) is 30.5 Å². The molecule has 23 heavy (non-hydrogen) atoms. The van der Waals surface area contributed by atoms with Crippen LogP contribution in [0.4, 0.5) is 0 Å². The molecule has 0 saturated heterocycles. The Morgan fingerprint density at radius 3 is 1.87 bits per heavy atom. The summed E-state index contributed by atoms with van der Waals surface area (Å²) in [5, 5.41) is 3.48. The van der Waals surface area contributed by atoms with Gasteiger partial charge in [0, 0.05) is 19.7 Å². The van der Waals surface area contributed by atoms with Crippen LogP contribution >= 0.6 is 0 Å². The highest BCUT2D eigenvalue weighted by Crippen LogP contribution is 2.41. The lowest BCUT2D eigenvalue weighted by Gasteiger charge is -2.42. The van der Waals surface area contributed by atoms with E-state index in [1.165, 1.54) is 5.56 Å². The van der Waals surface area contributed by atoms with Gasteiger partial charge in [-0.3, -0.25) is 0 Å². The summed E-state index contributed by atoms with van der Waals surface area (Å²) in [5.41, 5.74) is 3.20. The van der Waals surface area contributed by atoms with E-state index in [1.54, 1.807) is 7.11 Å². The van der Waals surface area contributed by atoms with Crippen LogP contribution < -0.4 is 10.1 Å². The smallest absolute Gasteiger partial charge is 0.200 e. The number of methoxy groups -OCH3 is 1. The van der Waals surface area contributed by atoms with Gasteiger partial charge in [0.25, 0.3) is 0 Å². The van der Waals surface area contributed by atoms with E-state index < -0.39 is 8.32 Å². The fourth-order valence-corrected chi connectivity index (χ4v) is 9.23. The molecule has 0 spiro atoms. The first-order valence-electron chi connectivity index (χ1n) is 8.82. The normalized spacial score (nSPS) is 12.4. The minimum absolute atomic E-state index is 0.643. The Morgan fingerprint density at radius 1 is 0.913 bits per heavy atom. The van der Waals surface area contributed by atoms with E-state index in [0.717, 1.165) is 25.4 Å². The van der Waals surface area contributed by atoms with Crippen molar-refractivity contribution in [3.05, 3.63) is 29.8 Å². The Bertz CT molecular complexity index is 421. The van der Waals surface area contributed by atoms with E-state index >= 15 is 0 Å². The third-order valence-electron chi connectivity index (χ3n) is 4.83. The maximum absolute atomic E-state index is 6.54. The van der Waals surface area contributed by atoms with Crippen LogP contribution in [0.1, 0.15) is 47.1 Å². The molecule has 1 N–H and O–H groups in total. The first-order chi connectivity index (χ1) is 10.8. The Kier molecular flexibility index (Phi) is 8.30. The Labute approximate surface area is 143 Å². The van der Waals surface area contributed by atoms with Gasteiger partial charge in [0.1, 0.15) is 5.75 Å². The minimum Gasteiger partial charge on any atom is -0.497 e. The molecule has 0 aliphatic carbocycles. The summed E-state index contributed by atoms with van der Waals surface area (Å²) < 4.78 is 11.7. The fraction of sp³-hybridized carbons (Fsp3) is 0.684. The second-order valence-corrected chi connectivity index (χ2v) is 12.7. The number of ether oxygens (including phenoxy) is 1. The van der Waals surface area contributed by atoms with Gasteiger partial charge >= 0.3 is 0 Å². The van der Waals surface area contributed by atoms with E-state index in [4.69, 9.17) is 9.16 Å². The summed E-state index contributed by atoms with van der Waals surface area (Å²) >= 11 is 0. The lowest BCUT2D eigenvalue weighted by Crippen LogP contribution is -2.48. The zero-order valence-corrected chi connectivity index (χ0v) is 17.0. The van der Waals surface area contributed by atoms with Crippen molar-refractivity contribution >= 4 is 8.32 Å². The van der Waals surface area contributed by atoms with Crippen molar-refractivity contribution in [3.63, 3.8) is 0 Å². The molecule has 132 valence electrons. The molecule has 0 amide bonds. The molecule has 4 heteroatoms.